The van der Waals surface area contributed by atoms with Gasteiger partial charge >= 0.3 is 5.97 Å². The number of amides is 2. The molecule has 1 fully saturated rings. The van der Waals surface area contributed by atoms with Crippen LogP contribution in [0.1, 0.15) is 19.8 Å². The van der Waals surface area contributed by atoms with Crippen molar-refractivity contribution in [1.82, 2.24) is 5.32 Å². The topological polar surface area (TPSA) is 84.5 Å². The summed E-state index contributed by atoms with van der Waals surface area (Å²) in [5.74, 6) is -1.52. The van der Waals surface area contributed by atoms with E-state index < -0.39 is 12.1 Å². The van der Waals surface area contributed by atoms with Crippen LogP contribution in [-0.4, -0.2) is 41.4 Å². The maximum atomic E-state index is 12.8. The van der Waals surface area contributed by atoms with Crippen molar-refractivity contribution in [2.45, 2.75) is 31.9 Å². The minimum absolute atomic E-state index is 0.0299. The largest absolute Gasteiger partial charge is 0.452 e. The molecule has 1 aromatic carbocycles. The Morgan fingerprint density at radius 3 is 2.54 bits per heavy atom. The standard InChI is InChI=1S/C16H19FN2O4S/c1-10(16(22)19-13-6-7-13)23-15(21)9-24-8-14(20)18-12-4-2-11(17)3-5-12/h2-5,10,13H,6-9H2,1H3,(H,18,20)(H,19,22)/t10-/m0/s1. The highest BCUT2D eigenvalue weighted by Gasteiger charge is 2.27. The van der Waals surface area contributed by atoms with E-state index in [1.165, 1.54) is 31.2 Å². The first-order valence-electron chi connectivity index (χ1n) is 7.57. The Morgan fingerprint density at radius 1 is 1.25 bits per heavy atom. The summed E-state index contributed by atoms with van der Waals surface area (Å²) >= 11 is 1.08. The summed E-state index contributed by atoms with van der Waals surface area (Å²) in [7, 11) is 0. The Labute approximate surface area is 143 Å². The SMILES string of the molecule is C[C@H](OC(=O)CSCC(=O)Nc1ccc(F)cc1)C(=O)NC1CC1. The molecule has 0 aliphatic heterocycles. The molecule has 0 bridgehead atoms. The van der Waals surface area contributed by atoms with E-state index in [0.29, 0.717) is 5.69 Å². The van der Waals surface area contributed by atoms with Gasteiger partial charge < -0.3 is 15.4 Å². The second-order valence-electron chi connectivity index (χ2n) is 5.46. The van der Waals surface area contributed by atoms with Crippen LogP contribution in [0.3, 0.4) is 0 Å². The lowest BCUT2D eigenvalue weighted by molar-refractivity contribution is -0.152. The number of halogens is 1. The Bertz CT molecular complexity index is 605. The molecule has 0 radical (unpaired) electrons. The molecule has 2 rings (SSSR count). The van der Waals surface area contributed by atoms with Gasteiger partial charge in [-0.2, -0.15) is 0 Å². The summed E-state index contributed by atoms with van der Waals surface area (Å²) < 4.78 is 17.8. The average molecular weight is 354 g/mol. The highest BCUT2D eigenvalue weighted by atomic mass is 32.2. The van der Waals surface area contributed by atoms with Gasteiger partial charge in [0.15, 0.2) is 6.10 Å². The van der Waals surface area contributed by atoms with Crippen LogP contribution in [0.2, 0.25) is 0 Å². The van der Waals surface area contributed by atoms with Crippen LogP contribution in [0, 0.1) is 5.82 Å². The van der Waals surface area contributed by atoms with E-state index in [0.717, 1.165) is 24.6 Å². The minimum Gasteiger partial charge on any atom is -0.452 e. The third-order valence-electron chi connectivity index (χ3n) is 3.18. The van der Waals surface area contributed by atoms with Crippen LogP contribution in [-0.2, 0) is 19.1 Å². The Morgan fingerprint density at radius 2 is 1.92 bits per heavy atom. The molecule has 1 aliphatic carbocycles. The summed E-state index contributed by atoms with van der Waals surface area (Å²) in [6.45, 7) is 1.52. The number of thioether (sulfide) groups is 1. The molecule has 0 aromatic heterocycles. The Kier molecular flexibility index (Phi) is 6.60. The number of carbonyl (C=O) groups is 3. The van der Waals surface area contributed by atoms with Gasteiger partial charge in [-0.3, -0.25) is 14.4 Å². The van der Waals surface area contributed by atoms with Crippen LogP contribution in [0.15, 0.2) is 24.3 Å². The number of hydrogen-bond donors (Lipinski definition) is 2. The second kappa shape index (κ2) is 8.68. The molecule has 1 atom stereocenters. The normalized spacial score (nSPS) is 14.6. The lowest BCUT2D eigenvalue weighted by atomic mass is 10.3. The summed E-state index contributed by atoms with van der Waals surface area (Å²) in [5, 5.41) is 5.34. The molecule has 0 unspecified atom stereocenters. The van der Waals surface area contributed by atoms with Crippen molar-refractivity contribution in [3.63, 3.8) is 0 Å². The number of benzene rings is 1. The molecule has 1 saturated carbocycles. The van der Waals surface area contributed by atoms with Crippen molar-refractivity contribution in [3.8, 4) is 0 Å². The monoisotopic (exact) mass is 354 g/mol. The first-order valence-corrected chi connectivity index (χ1v) is 8.72. The summed E-state index contributed by atoms with van der Waals surface area (Å²) in [6, 6.07) is 5.60. The molecule has 8 heteroatoms. The smallest absolute Gasteiger partial charge is 0.316 e. The number of rotatable bonds is 8. The fraction of sp³-hybridized carbons (Fsp3) is 0.438. The van der Waals surface area contributed by atoms with Crippen molar-refractivity contribution in [3.05, 3.63) is 30.1 Å². The highest BCUT2D eigenvalue weighted by molar-refractivity contribution is 8.00. The van der Waals surface area contributed by atoms with E-state index in [4.69, 9.17) is 4.74 Å². The highest BCUT2D eigenvalue weighted by Crippen LogP contribution is 2.18. The van der Waals surface area contributed by atoms with Gasteiger partial charge in [-0.15, -0.1) is 11.8 Å². The fourth-order valence-electron chi connectivity index (χ4n) is 1.79. The number of ether oxygens (including phenoxy) is 1. The van der Waals surface area contributed by atoms with Crippen molar-refractivity contribution < 1.29 is 23.5 Å². The fourth-order valence-corrected chi connectivity index (χ4v) is 2.38. The van der Waals surface area contributed by atoms with Crippen molar-refractivity contribution in [1.29, 1.82) is 0 Å². The summed E-state index contributed by atoms with van der Waals surface area (Å²) in [5.41, 5.74) is 0.481. The molecule has 0 spiro atoms. The first kappa shape index (κ1) is 18.3. The Balaban J connectivity index is 1.61. The van der Waals surface area contributed by atoms with Gasteiger partial charge in [-0.05, 0) is 44.0 Å². The van der Waals surface area contributed by atoms with Gasteiger partial charge in [-0.25, -0.2) is 4.39 Å². The van der Waals surface area contributed by atoms with E-state index >= 15 is 0 Å². The zero-order valence-corrected chi connectivity index (χ0v) is 14.0. The van der Waals surface area contributed by atoms with Crippen LogP contribution in [0.5, 0.6) is 0 Å². The molecule has 1 aromatic rings. The number of hydrogen-bond acceptors (Lipinski definition) is 5. The second-order valence-corrected chi connectivity index (χ2v) is 6.45. The van der Waals surface area contributed by atoms with Crippen LogP contribution >= 0.6 is 11.8 Å². The van der Waals surface area contributed by atoms with Gasteiger partial charge in [0.25, 0.3) is 5.91 Å². The molecule has 24 heavy (non-hydrogen) atoms. The maximum Gasteiger partial charge on any atom is 0.316 e. The molecule has 0 heterocycles. The number of carbonyl (C=O) groups excluding carboxylic acids is 3. The van der Waals surface area contributed by atoms with Crippen molar-refractivity contribution in [2.24, 2.45) is 0 Å². The Hall–Kier alpha value is -2.09. The van der Waals surface area contributed by atoms with Crippen LogP contribution in [0.25, 0.3) is 0 Å². The lowest BCUT2D eigenvalue weighted by Crippen LogP contribution is -2.37. The zero-order valence-electron chi connectivity index (χ0n) is 13.2. The van der Waals surface area contributed by atoms with Gasteiger partial charge in [-0.1, -0.05) is 0 Å². The predicted molar refractivity (Wildman–Crippen MR) is 89.1 cm³/mol. The summed E-state index contributed by atoms with van der Waals surface area (Å²) in [6.07, 6.45) is 1.09. The van der Waals surface area contributed by atoms with Gasteiger partial charge in [0.2, 0.25) is 5.91 Å². The quantitative estimate of drug-likeness (QED) is 0.694. The molecule has 6 nitrogen and oxygen atoms in total. The minimum atomic E-state index is -0.841. The molecule has 130 valence electrons. The molecular formula is C16H19FN2O4S. The zero-order chi connectivity index (χ0) is 17.5. The average Bonchev–Trinajstić information content (AvgIpc) is 3.33. The molecule has 1 aliphatic rings. The summed E-state index contributed by atoms with van der Waals surface area (Å²) in [4.78, 5) is 35.0. The van der Waals surface area contributed by atoms with Crippen molar-refractivity contribution in [2.75, 3.05) is 16.8 Å². The van der Waals surface area contributed by atoms with Crippen molar-refractivity contribution >= 4 is 35.2 Å². The third kappa shape index (κ3) is 6.57. The van der Waals surface area contributed by atoms with E-state index in [1.807, 2.05) is 0 Å². The molecule has 2 amide bonds. The van der Waals surface area contributed by atoms with E-state index in [-0.39, 0.29) is 35.2 Å². The van der Waals surface area contributed by atoms with Gasteiger partial charge in [0, 0.05) is 11.7 Å². The maximum absolute atomic E-state index is 12.8. The number of esters is 1. The van der Waals surface area contributed by atoms with Gasteiger partial charge in [0.05, 0.1) is 11.5 Å². The van der Waals surface area contributed by atoms with E-state index in [9.17, 15) is 18.8 Å². The molecule has 0 saturated heterocycles. The van der Waals surface area contributed by atoms with Gasteiger partial charge in [0.1, 0.15) is 5.82 Å². The van der Waals surface area contributed by atoms with E-state index in [1.54, 1.807) is 0 Å². The number of nitrogens with one attached hydrogen (secondary N) is 2. The predicted octanol–water partition coefficient (Wildman–Crippen LogP) is 1.71. The van der Waals surface area contributed by atoms with Crippen LogP contribution < -0.4 is 10.6 Å². The van der Waals surface area contributed by atoms with E-state index in [2.05, 4.69) is 10.6 Å². The number of anilines is 1. The first-order chi connectivity index (χ1) is 11.4. The third-order valence-corrected chi connectivity index (χ3v) is 4.09. The molecule has 2 N–H and O–H groups in total. The molecular weight excluding hydrogens is 335 g/mol. The van der Waals surface area contributed by atoms with Crippen LogP contribution in [0.4, 0.5) is 10.1 Å². The lowest BCUT2D eigenvalue weighted by Gasteiger charge is -2.13.